The highest BCUT2D eigenvalue weighted by Crippen LogP contribution is 2.27. The molecule has 0 radical (unpaired) electrons. The third-order valence-corrected chi connectivity index (χ3v) is 5.51. The zero-order valence-corrected chi connectivity index (χ0v) is 13.3. The molecule has 1 heterocycles. The molecule has 1 N–H and O–H groups in total. The van der Waals surface area contributed by atoms with Crippen LogP contribution >= 0.6 is 0 Å². The molecule has 21 heavy (non-hydrogen) atoms. The van der Waals surface area contributed by atoms with Crippen molar-refractivity contribution in [2.45, 2.75) is 37.6 Å². The summed E-state index contributed by atoms with van der Waals surface area (Å²) in [6, 6.07) is 6.19. The van der Waals surface area contributed by atoms with Crippen LogP contribution in [0.3, 0.4) is 0 Å². The van der Waals surface area contributed by atoms with Crippen molar-refractivity contribution in [2.75, 3.05) is 19.8 Å². The second-order valence-electron chi connectivity index (χ2n) is 5.77. The van der Waals surface area contributed by atoms with Crippen molar-refractivity contribution >= 4 is 10.0 Å². The van der Waals surface area contributed by atoms with Crippen LogP contribution in [-0.4, -0.2) is 43.6 Å². The molecule has 1 aromatic rings. The van der Waals surface area contributed by atoms with Gasteiger partial charge < -0.3 is 9.84 Å². The monoisotopic (exact) mass is 313 g/mol. The molecule has 5 nitrogen and oxygen atoms in total. The molecule has 1 atom stereocenters. The Morgan fingerprint density at radius 3 is 2.57 bits per heavy atom. The molecule has 1 aliphatic rings. The minimum absolute atomic E-state index is 0.130. The quantitative estimate of drug-likeness (QED) is 0.870. The lowest BCUT2D eigenvalue weighted by Crippen LogP contribution is -2.37. The molecule has 0 saturated carbocycles. The van der Waals surface area contributed by atoms with Crippen LogP contribution < -0.4 is 4.74 Å². The van der Waals surface area contributed by atoms with Crippen LogP contribution in [0, 0.1) is 5.92 Å². The second kappa shape index (κ2) is 6.77. The zero-order chi connectivity index (χ0) is 15.5. The molecule has 118 valence electrons. The number of aliphatic hydroxyl groups is 1. The molecule has 0 bridgehead atoms. The van der Waals surface area contributed by atoms with E-state index in [2.05, 4.69) is 13.8 Å². The number of ether oxygens (including phenoxy) is 1. The van der Waals surface area contributed by atoms with E-state index >= 15 is 0 Å². The van der Waals surface area contributed by atoms with Crippen molar-refractivity contribution in [3.63, 3.8) is 0 Å². The normalized spacial score (nSPS) is 20.1. The summed E-state index contributed by atoms with van der Waals surface area (Å²) in [7, 11) is -3.53. The summed E-state index contributed by atoms with van der Waals surface area (Å²) in [6.07, 6.45) is 1.51. The van der Waals surface area contributed by atoms with E-state index < -0.39 is 10.0 Å². The molecule has 0 unspecified atom stereocenters. The molecule has 1 aliphatic heterocycles. The Hall–Kier alpha value is -1.11. The summed E-state index contributed by atoms with van der Waals surface area (Å²) in [4.78, 5) is 0.250. The number of nitrogens with zero attached hydrogens (tertiary/aromatic N) is 1. The van der Waals surface area contributed by atoms with Gasteiger partial charge in [-0.05, 0) is 43.0 Å². The molecule has 0 aliphatic carbocycles. The lowest BCUT2D eigenvalue weighted by atomic mass is 10.2. The number of rotatable bonds is 6. The third-order valence-electron chi connectivity index (χ3n) is 3.55. The molecule has 2 rings (SSSR count). The van der Waals surface area contributed by atoms with Crippen molar-refractivity contribution < 1.29 is 18.3 Å². The summed E-state index contributed by atoms with van der Waals surface area (Å²) in [5, 5.41) is 9.29. The van der Waals surface area contributed by atoms with Crippen LogP contribution in [0.15, 0.2) is 29.2 Å². The standard InChI is InChI=1S/C15H23NO4S/c1-12(2)11-20-14-5-7-15(8-6-14)21(18,19)16-9-3-4-13(16)10-17/h5-8,12-13,17H,3-4,9-11H2,1-2H3/t13-/m1/s1. The van der Waals surface area contributed by atoms with E-state index in [0.717, 1.165) is 6.42 Å². The fourth-order valence-electron chi connectivity index (χ4n) is 2.41. The van der Waals surface area contributed by atoms with Gasteiger partial charge in [0.25, 0.3) is 0 Å². The smallest absolute Gasteiger partial charge is 0.243 e. The minimum atomic E-state index is -3.53. The molecule has 6 heteroatoms. The number of sulfonamides is 1. The Morgan fingerprint density at radius 1 is 1.33 bits per heavy atom. The first-order valence-electron chi connectivity index (χ1n) is 7.30. The molecule has 0 spiro atoms. The van der Waals surface area contributed by atoms with Gasteiger partial charge in [-0.25, -0.2) is 8.42 Å². The maximum atomic E-state index is 12.6. The molecule has 1 saturated heterocycles. The van der Waals surface area contributed by atoms with Crippen LogP contribution in [0.4, 0.5) is 0 Å². The molecule has 0 amide bonds. The summed E-state index contributed by atoms with van der Waals surface area (Å²) >= 11 is 0. The summed E-state index contributed by atoms with van der Waals surface area (Å²) in [5.74, 6) is 1.09. The first-order chi connectivity index (χ1) is 9.95. The minimum Gasteiger partial charge on any atom is -0.493 e. The van der Waals surface area contributed by atoms with Gasteiger partial charge in [-0.15, -0.1) is 0 Å². The van der Waals surface area contributed by atoms with Gasteiger partial charge in [-0.3, -0.25) is 0 Å². The van der Waals surface area contributed by atoms with Gasteiger partial charge in [0.1, 0.15) is 5.75 Å². The predicted molar refractivity (Wildman–Crippen MR) is 80.8 cm³/mol. The van der Waals surface area contributed by atoms with Crippen molar-refractivity contribution in [2.24, 2.45) is 5.92 Å². The van der Waals surface area contributed by atoms with E-state index in [1.165, 1.54) is 4.31 Å². The van der Waals surface area contributed by atoms with E-state index in [-0.39, 0.29) is 17.5 Å². The van der Waals surface area contributed by atoms with Crippen molar-refractivity contribution in [1.82, 2.24) is 4.31 Å². The van der Waals surface area contributed by atoms with E-state index in [0.29, 0.717) is 31.2 Å². The molecule has 1 fully saturated rings. The largest absolute Gasteiger partial charge is 0.493 e. The Labute approximate surface area is 126 Å². The van der Waals surface area contributed by atoms with Crippen LogP contribution in [0.1, 0.15) is 26.7 Å². The lowest BCUT2D eigenvalue weighted by Gasteiger charge is -2.22. The highest BCUT2D eigenvalue weighted by atomic mass is 32.2. The van der Waals surface area contributed by atoms with Gasteiger partial charge in [0, 0.05) is 12.6 Å². The van der Waals surface area contributed by atoms with Gasteiger partial charge in [0.15, 0.2) is 0 Å². The second-order valence-corrected chi connectivity index (χ2v) is 7.66. The van der Waals surface area contributed by atoms with Crippen LogP contribution in [0.5, 0.6) is 5.75 Å². The number of aliphatic hydroxyl groups excluding tert-OH is 1. The first kappa shape index (κ1) is 16.3. The molecular formula is C15H23NO4S. The average molecular weight is 313 g/mol. The maximum absolute atomic E-state index is 12.6. The maximum Gasteiger partial charge on any atom is 0.243 e. The summed E-state index contributed by atoms with van der Waals surface area (Å²) in [6.45, 7) is 5.06. The number of hydrogen-bond acceptors (Lipinski definition) is 4. The topological polar surface area (TPSA) is 66.8 Å². The molecule has 1 aromatic carbocycles. The van der Waals surface area contributed by atoms with Gasteiger partial charge in [0.05, 0.1) is 18.1 Å². The Kier molecular flexibility index (Phi) is 5.24. The highest BCUT2D eigenvalue weighted by molar-refractivity contribution is 7.89. The van der Waals surface area contributed by atoms with Crippen LogP contribution in [0.2, 0.25) is 0 Å². The van der Waals surface area contributed by atoms with E-state index in [4.69, 9.17) is 4.74 Å². The zero-order valence-electron chi connectivity index (χ0n) is 12.5. The third kappa shape index (κ3) is 3.75. The summed E-state index contributed by atoms with van der Waals surface area (Å²) < 4.78 is 32.1. The predicted octanol–water partition coefficient (Wildman–Crippen LogP) is 1.87. The SMILES string of the molecule is CC(C)COc1ccc(S(=O)(=O)N2CCC[C@@H]2CO)cc1. The van der Waals surface area contributed by atoms with Crippen molar-refractivity contribution in [3.05, 3.63) is 24.3 Å². The van der Waals surface area contributed by atoms with Crippen LogP contribution in [-0.2, 0) is 10.0 Å². The van der Waals surface area contributed by atoms with E-state index in [1.807, 2.05) is 0 Å². The Bertz CT molecular complexity index is 554. The fourth-order valence-corrected chi connectivity index (χ4v) is 4.10. The Morgan fingerprint density at radius 2 is 2.00 bits per heavy atom. The lowest BCUT2D eigenvalue weighted by molar-refractivity contribution is 0.213. The van der Waals surface area contributed by atoms with Gasteiger partial charge in [-0.2, -0.15) is 4.31 Å². The van der Waals surface area contributed by atoms with Gasteiger partial charge in [0.2, 0.25) is 10.0 Å². The van der Waals surface area contributed by atoms with E-state index in [9.17, 15) is 13.5 Å². The van der Waals surface area contributed by atoms with Gasteiger partial charge >= 0.3 is 0 Å². The van der Waals surface area contributed by atoms with E-state index in [1.54, 1.807) is 24.3 Å². The Balaban J connectivity index is 2.13. The molecule has 0 aromatic heterocycles. The average Bonchev–Trinajstić information content (AvgIpc) is 2.94. The number of hydrogen-bond donors (Lipinski definition) is 1. The van der Waals surface area contributed by atoms with Crippen LogP contribution in [0.25, 0.3) is 0 Å². The number of benzene rings is 1. The summed E-state index contributed by atoms with van der Waals surface area (Å²) in [5.41, 5.74) is 0. The van der Waals surface area contributed by atoms with Crippen molar-refractivity contribution in [3.8, 4) is 5.75 Å². The first-order valence-corrected chi connectivity index (χ1v) is 8.74. The fraction of sp³-hybridized carbons (Fsp3) is 0.600. The highest BCUT2D eigenvalue weighted by Gasteiger charge is 2.34. The van der Waals surface area contributed by atoms with Crippen molar-refractivity contribution in [1.29, 1.82) is 0 Å². The van der Waals surface area contributed by atoms with Gasteiger partial charge in [-0.1, -0.05) is 13.8 Å². The molecular weight excluding hydrogens is 290 g/mol.